The predicted molar refractivity (Wildman–Crippen MR) is 73.2 cm³/mol. The van der Waals surface area contributed by atoms with Crippen molar-refractivity contribution >= 4 is 8.32 Å². The molecular formula is C13H28O2Si. The first kappa shape index (κ1) is 15.9. The van der Waals surface area contributed by atoms with Crippen LogP contribution in [0.1, 0.15) is 41.5 Å². The SMILES string of the molecule is C=CC(O)CO[Si](C(C)C)(C(C)C)C(C)C. The lowest BCUT2D eigenvalue weighted by atomic mass is 10.4. The normalized spacial score (nSPS) is 14.9. The molecule has 0 aliphatic rings. The molecule has 0 rings (SSSR count). The summed E-state index contributed by atoms with van der Waals surface area (Å²) in [6.07, 6.45) is 1.00. The molecule has 1 atom stereocenters. The molecule has 0 radical (unpaired) electrons. The Labute approximate surface area is 102 Å². The average Bonchev–Trinajstić information content (AvgIpc) is 2.16. The van der Waals surface area contributed by atoms with Crippen LogP contribution in [0, 0.1) is 0 Å². The first-order valence-corrected chi connectivity index (χ1v) is 8.37. The fraction of sp³-hybridized carbons (Fsp3) is 0.846. The van der Waals surface area contributed by atoms with E-state index in [0.717, 1.165) is 0 Å². The van der Waals surface area contributed by atoms with Crippen molar-refractivity contribution in [2.24, 2.45) is 0 Å². The highest BCUT2D eigenvalue weighted by Gasteiger charge is 2.45. The van der Waals surface area contributed by atoms with Gasteiger partial charge in [0.2, 0.25) is 0 Å². The summed E-state index contributed by atoms with van der Waals surface area (Å²) in [7, 11) is -1.81. The molecule has 0 heterocycles. The molecule has 16 heavy (non-hydrogen) atoms. The van der Waals surface area contributed by atoms with Crippen LogP contribution in [0.25, 0.3) is 0 Å². The molecule has 0 aliphatic carbocycles. The minimum atomic E-state index is -1.81. The Morgan fingerprint density at radius 1 is 1.06 bits per heavy atom. The minimum Gasteiger partial charge on any atom is -0.413 e. The fourth-order valence-corrected chi connectivity index (χ4v) is 8.26. The molecule has 0 fully saturated rings. The van der Waals surface area contributed by atoms with Gasteiger partial charge in [0, 0.05) is 0 Å². The maximum absolute atomic E-state index is 9.55. The van der Waals surface area contributed by atoms with Crippen molar-refractivity contribution in [2.45, 2.75) is 64.3 Å². The van der Waals surface area contributed by atoms with Crippen molar-refractivity contribution in [1.29, 1.82) is 0 Å². The molecule has 0 saturated carbocycles. The molecular weight excluding hydrogens is 216 g/mol. The Balaban J connectivity index is 4.83. The highest BCUT2D eigenvalue weighted by molar-refractivity contribution is 6.77. The summed E-state index contributed by atoms with van der Waals surface area (Å²) in [6.45, 7) is 17.4. The fourth-order valence-electron chi connectivity index (χ4n) is 2.80. The molecule has 2 nitrogen and oxygen atoms in total. The second-order valence-electron chi connectivity index (χ2n) is 5.43. The average molecular weight is 244 g/mol. The molecule has 3 heteroatoms. The van der Waals surface area contributed by atoms with Crippen LogP contribution in [0.15, 0.2) is 12.7 Å². The number of aliphatic hydroxyl groups is 1. The first-order valence-electron chi connectivity index (χ1n) is 6.23. The topological polar surface area (TPSA) is 29.5 Å². The van der Waals surface area contributed by atoms with Crippen LogP contribution < -0.4 is 0 Å². The quantitative estimate of drug-likeness (QED) is 0.546. The van der Waals surface area contributed by atoms with Gasteiger partial charge in [0.1, 0.15) is 0 Å². The second-order valence-corrected chi connectivity index (χ2v) is 10.9. The largest absolute Gasteiger partial charge is 0.413 e. The molecule has 1 unspecified atom stereocenters. The van der Waals surface area contributed by atoms with Gasteiger partial charge in [0.15, 0.2) is 8.32 Å². The summed E-state index contributed by atoms with van der Waals surface area (Å²) in [6, 6.07) is 0. The van der Waals surface area contributed by atoms with E-state index in [9.17, 15) is 5.11 Å². The number of hydrogen-bond donors (Lipinski definition) is 1. The van der Waals surface area contributed by atoms with E-state index in [1.165, 1.54) is 0 Å². The molecule has 0 aromatic heterocycles. The van der Waals surface area contributed by atoms with E-state index >= 15 is 0 Å². The van der Waals surface area contributed by atoms with Gasteiger partial charge in [0.05, 0.1) is 12.7 Å². The summed E-state index contributed by atoms with van der Waals surface area (Å²) in [5, 5.41) is 9.55. The van der Waals surface area contributed by atoms with Crippen molar-refractivity contribution in [1.82, 2.24) is 0 Å². The molecule has 0 amide bonds. The molecule has 0 bridgehead atoms. The number of rotatable bonds is 7. The Kier molecular flexibility index (Phi) is 6.52. The van der Waals surface area contributed by atoms with Crippen LogP contribution in [0.4, 0.5) is 0 Å². The van der Waals surface area contributed by atoms with Crippen molar-refractivity contribution in [2.75, 3.05) is 6.61 Å². The van der Waals surface area contributed by atoms with Crippen LogP contribution in [0.5, 0.6) is 0 Å². The van der Waals surface area contributed by atoms with Crippen LogP contribution in [-0.4, -0.2) is 26.1 Å². The van der Waals surface area contributed by atoms with Gasteiger partial charge in [-0.05, 0) is 16.6 Å². The molecule has 0 aromatic carbocycles. The van der Waals surface area contributed by atoms with Gasteiger partial charge in [-0.1, -0.05) is 47.6 Å². The van der Waals surface area contributed by atoms with E-state index in [0.29, 0.717) is 23.2 Å². The predicted octanol–water partition coefficient (Wildman–Crippen LogP) is 3.73. The van der Waals surface area contributed by atoms with Crippen LogP contribution in [0.2, 0.25) is 16.6 Å². The Hall–Kier alpha value is -0.123. The Morgan fingerprint density at radius 3 is 1.69 bits per heavy atom. The maximum atomic E-state index is 9.55. The van der Waals surface area contributed by atoms with E-state index in [4.69, 9.17) is 4.43 Å². The van der Waals surface area contributed by atoms with Gasteiger partial charge in [0.25, 0.3) is 0 Å². The van der Waals surface area contributed by atoms with Crippen LogP contribution in [-0.2, 0) is 4.43 Å². The highest BCUT2D eigenvalue weighted by Crippen LogP contribution is 2.42. The molecule has 96 valence electrons. The first-order chi connectivity index (χ1) is 7.28. The Morgan fingerprint density at radius 2 is 1.44 bits per heavy atom. The number of aliphatic hydroxyl groups excluding tert-OH is 1. The van der Waals surface area contributed by atoms with E-state index in [1.807, 2.05) is 0 Å². The smallest absolute Gasteiger partial charge is 0.200 e. The van der Waals surface area contributed by atoms with Crippen LogP contribution in [0.3, 0.4) is 0 Å². The van der Waals surface area contributed by atoms with Crippen molar-refractivity contribution in [3.05, 3.63) is 12.7 Å². The standard InChI is InChI=1S/C13H28O2Si/c1-8-13(14)9-15-16(10(2)3,11(4)5)12(6)7/h8,10-14H,1,9H2,2-7H3. The summed E-state index contributed by atoms with van der Waals surface area (Å²) in [5.74, 6) is 0. The minimum absolute atomic E-state index is 0.393. The third kappa shape index (κ3) is 3.44. The zero-order chi connectivity index (χ0) is 12.9. The van der Waals surface area contributed by atoms with Gasteiger partial charge >= 0.3 is 0 Å². The lowest BCUT2D eigenvalue weighted by Gasteiger charge is -2.42. The highest BCUT2D eigenvalue weighted by atomic mass is 28.4. The molecule has 0 aromatic rings. The summed E-state index contributed by atoms with van der Waals surface area (Å²) < 4.78 is 6.18. The van der Waals surface area contributed by atoms with Gasteiger partial charge in [-0.25, -0.2) is 0 Å². The van der Waals surface area contributed by atoms with E-state index in [2.05, 4.69) is 48.1 Å². The lowest BCUT2D eigenvalue weighted by molar-refractivity contribution is 0.132. The molecule has 0 aliphatic heterocycles. The summed E-state index contributed by atoms with van der Waals surface area (Å²) in [5.41, 5.74) is 1.68. The monoisotopic (exact) mass is 244 g/mol. The maximum Gasteiger partial charge on any atom is 0.200 e. The molecule has 1 N–H and O–H groups in total. The van der Waals surface area contributed by atoms with E-state index < -0.39 is 14.4 Å². The molecule has 0 spiro atoms. The van der Waals surface area contributed by atoms with Crippen LogP contribution >= 0.6 is 0 Å². The van der Waals surface area contributed by atoms with Crippen molar-refractivity contribution in [3.63, 3.8) is 0 Å². The van der Waals surface area contributed by atoms with Crippen molar-refractivity contribution < 1.29 is 9.53 Å². The second kappa shape index (κ2) is 6.57. The Bertz CT molecular complexity index is 190. The molecule has 0 saturated heterocycles. The summed E-state index contributed by atoms with van der Waals surface area (Å²) >= 11 is 0. The summed E-state index contributed by atoms with van der Waals surface area (Å²) in [4.78, 5) is 0. The number of hydrogen-bond acceptors (Lipinski definition) is 2. The van der Waals surface area contributed by atoms with Gasteiger partial charge in [-0.3, -0.25) is 0 Å². The third-order valence-electron chi connectivity index (χ3n) is 3.48. The lowest BCUT2D eigenvalue weighted by Crippen LogP contribution is -2.49. The van der Waals surface area contributed by atoms with Gasteiger partial charge in [-0.15, -0.1) is 6.58 Å². The van der Waals surface area contributed by atoms with E-state index in [-0.39, 0.29) is 0 Å². The van der Waals surface area contributed by atoms with Crippen molar-refractivity contribution in [3.8, 4) is 0 Å². The van der Waals surface area contributed by atoms with Gasteiger partial charge < -0.3 is 9.53 Å². The van der Waals surface area contributed by atoms with E-state index in [1.54, 1.807) is 6.08 Å². The zero-order valence-electron chi connectivity index (χ0n) is 11.7. The zero-order valence-corrected chi connectivity index (χ0v) is 12.7. The van der Waals surface area contributed by atoms with Gasteiger partial charge in [-0.2, -0.15) is 0 Å². The third-order valence-corrected chi connectivity index (χ3v) is 9.56.